The van der Waals surface area contributed by atoms with Crippen molar-refractivity contribution in [1.82, 2.24) is 14.1 Å². The number of hydrogen-bond donors (Lipinski definition) is 0. The maximum Gasteiger partial charge on any atom is 0.417 e. The zero-order valence-electron chi connectivity index (χ0n) is 17.2. The second-order valence-corrected chi connectivity index (χ2v) is 7.47. The molecule has 2 aromatic heterocycles. The standard InChI is InChI=1S/C21H22F3N5O2/c1-3-29-19(30)16-12-15(5-6-17(16)26(2)20(29)31)27-8-10-28(11-9-27)18-7-4-14(13-25-18)21(22,23)24/h4-7,12-13H,3,8-11H2,1-2H3. The first kappa shape index (κ1) is 21.0. The van der Waals surface area contributed by atoms with Crippen LogP contribution in [0.2, 0.25) is 0 Å². The largest absolute Gasteiger partial charge is 0.417 e. The van der Waals surface area contributed by atoms with Gasteiger partial charge in [-0.1, -0.05) is 0 Å². The number of fused-ring (bicyclic) bond motifs is 1. The number of benzene rings is 1. The van der Waals surface area contributed by atoms with Crippen molar-refractivity contribution in [2.24, 2.45) is 7.05 Å². The number of aryl methyl sites for hydroxylation is 1. The summed E-state index contributed by atoms with van der Waals surface area (Å²) in [6, 6.07) is 7.89. The first-order valence-electron chi connectivity index (χ1n) is 9.97. The van der Waals surface area contributed by atoms with Crippen molar-refractivity contribution in [2.75, 3.05) is 36.0 Å². The highest BCUT2D eigenvalue weighted by molar-refractivity contribution is 5.82. The van der Waals surface area contributed by atoms with Crippen molar-refractivity contribution in [2.45, 2.75) is 19.6 Å². The summed E-state index contributed by atoms with van der Waals surface area (Å²) in [6.45, 7) is 4.48. The summed E-state index contributed by atoms with van der Waals surface area (Å²) in [5.74, 6) is 0.506. The van der Waals surface area contributed by atoms with Crippen molar-refractivity contribution >= 4 is 22.4 Å². The molecule has 1 aromatic carbocycles. The Hall–Kier alpha value is -3.30. The van der Waals surface area contributed by atoms with Crippen molar-refractivity contribution < 1.29 is 13.2 Å². The Bertz CT molecular complexity index is 1220. The zero-order valence-corrected chi connectivity index (χ0v) is 17.2. The summed E-state index contributed by atoms with van der Waals surface area (Å²) in [5.41, 5.74) is 0.0283. The van der Waals surface area contributed by atoms with E-state index < -0.39 is 11.7 Å². The molecule has 0 amide bonds. The number of piperazine rings is 1. The van der Waals surface area contributed by atoms with Crippen LogP contribution >= 0.6 is 0 Å². The second kappa shape index (κ2) is 7.75. The maximum atomic E-state index is 12.7. The number of pyridine rings is 1. The lowest BCUT2D eigenvalue weighted by Crippen LogP contribution is -2.47. The predicted molar refractivity (Wildman–Crippen MR) is 113 cm³/mol. The average Bonchev–Trinajstić information content (AvgIpc) is 2.77. The number of aromatic nitrogens is 3. The second-order valence-electron chi connectivity index (χ2n) is 7.47. The number of alkyl halides is 3. The molecule has 10 heteroatoms. The fraction of sp³-hybridized carbons (Fsp3) is 0.381. The van der Waals surface area contributed by atoms with Crippen molar-refractivity contribution in [3.05, 3.63) is 62.9 Å². The van der Waals surface area contributed by atoms with E-state index in [2.05, 4.69) is 9.88 Å². The molecule has 0 saturated carbocycles. The van der Waals surface area contributed by atoms with Gasteiger partial charge in [0.2, 0.25) is 0 Å². The third-order valence-electron chi connectivity index (χ3n) is 5.70. The lowest BCUT2D eigenvalue weighted by atomic mass is 10.1. The van der Waals surface area contributed by atoms with Crippen LogP contribution in [-0.2, 0) is 19.8 Å². The smallest absolute Gasteiger partial charge is 0.368 e. The van der Waals surface area contributed by atoms with Crippen LogP contribution in [0.5, 0.6) is 0 Å². The van der Waals surface area contributed by atoms with E-state index in [0.717, 1.165) is 18.0 Å². The van der Waals surface area contributed by atoms with E-state index in [1.165, 1.54) is 15.2 Å². The SMILES string of the molecule is CCn1c(=O)c2cc(N3CCN(c4ccc(C(F)(F)F)cn4)CC3)ccc2n(C)c1=O. The molecule has 1 saturated heterocycles. The third kappa shape index (κ3) is 3.77. The van der Waals surface area contributed by atoms with Gasteiger partial charge in [-0.2, -0.15) is 13.2 Å². The van der Waals surface area contributed by atoms with Crippen LogP contribution in [0, 0.1) is 0 Å². The van der Waals surface area contributed by atoms with Crippen LogP contribution in [-0.4, -0.2) is 40.3 Å². The normalized spacial score (nSPS) is 15.0. The van der Waals surface area contributed by atoms with Gasteiger partial charge in [0.1, 0.15) is 5.82 Å². The Morgan fingerprint density at radius 3 is 2.26 bits per heavy atom. The Balaban J connectivity index is 1.55. The third-order valence-corrected chi connectivity index (χ3v) is 5.70. The fourth-order valence-electron chi connectivity index (χ4n) is 3.91. The van der Waals surface area contributed by atoms with Crippen molar-refractivity contribution in [3.63, 3.8) is 0 Å². The maximum absolute atomic E-state index is 12.7. The van der Waals surface area contributed by atoms with E-state index in [1.807, 2.05) is 11.0 Å². The van der Waals surface area contributed by atoms with Gasteiger partial charge >= 0.3 is 11.9 Å². The molecule has 0 bridgehead atoms. The monoisotopic (exact) mass is 433 g/mol. The molecule has 0 atom stereocenters. The molecule has 31 heavy (non-hydrogen) atoms. The Kier molecular flexibility index (Phi) is 5.24. The molecule has 0 radical (unpaired) electrons. The first-order chi connectivity index (χ1) is 14.7. The predicted octanol–water partition coefficient (Wildman–Crippen LogP) is 2.46. The van der Waals surface area contributed by atoms with E-state index in [-0.39, 0.29) is 11.2 Å². The van der Waals surface area contributed by atoms with Gasteiger partial charge in [0.15, 0.2) is 0 Å². The van der Waals surface area contributed by atoms with Crippen LogP contribution in [0.4, 0.5) is 24.7 Å². The number of nitrogens with zero attached hydrogens (tertiary/aromatic N) is 5. The van der Waals surface area contributed by atoms with Crippen LogP contribution < -0.4 is 21.0 Å². The Labute approximate surface area is 176 Å². The lowest BCUT2D eigenvalue weighted by Gasteiger charge is -2.36. The molecule has 0 aliphatic carbocycles. The van der Waals surface area contributed by atoms with Gasteiger partial charge in [-0.15, -0.1) is 0 Å². The lowest BCUT2D eigenvalue weighted by molar-refractivity contribution is -0.137. The van der Waals surface area contributed by atoms with E-state index >= 15 is 0 Å². The number of rotatable bonds is 3. The molecule has 1 aliphatic heterocycles. The molecule has 4 rings (SSSR count). The minimum atomic E-state index is -4.40. The Morgan fingerprint density at radius 2 is 1.68 bits per heavy atom. The molecule has 3 aromatic rings. The van der Waals surface area contributed by atoms with Gasteiger partial charge in [0.05, 0.1) is 16.5 Å². The highest BCUT2D eigenvalue weighted by Gasteiger charge is 2.31. The molecule has 1 aliphatic rings. The van der Waals surface area contributed by atoms with Crippen LogP contribution in [0.1, 0.15) is 12.5 Å². The molecule has 0 unspecified atom stereocenters. The quantitative estimate of drug-likeness (QED) is 0.635. The molecule has 7 nitrogen and oxygen atoms in total. The topological polar surface area (TPSA) is 63.4 Å². The Morgan fingerprint density at radius 1 is 1.00 bits per heavy atom. The molecular formula is C21H22F3N5O2. The van der Waals surface area contributed by atoms with Gasteiger partial charge in [0.25, 0.3) is 5.56 Å². The summed E-state index contributed by atoms with van der Waals surface area (Å²) in [7, 11) is 1.64. The zero-order chi connectivity index (χ0) is 22.3. The van der Waals surface area contributed by atoms with Crippen LogP contribution in [0.3, 0.4) is 0 Å². The average molecular weight is 433 g/mol. The van der Waals surface area contributed by atoms with Gasteiger partial charge < -0.3 is 9.80 Å². The summed E-state index contributed by atoms with van der Waals surface area (Å²) in [4.78, 5) is 33.1. The summed E-state index contributed by atoms with van der Waals surface area (Å²) >= 11 is 0. The number of hydrogen-bond acceptors (Lipinski definition) is 5. The minimum absolute atomic E-state index is 0.296. The molecule has 1 fully saturated rings. The molecule has 164 valence electrons. The highest BCUT2D eigenvalue weighted by Crippen LogP contribution is 2.29. The van der Waals surface area contributed by atoms with Gasteiger partial charge in [0, 0.05) is 51.7 Å². The number of anilines is 2. The molecule has 0 spiro atoms. The van der Waals surface area contributed by atoms with Crippen molar-refractivity contribution in [1.29, 1.82) is 0 Å². The minimum Gasteiger partial charge on any atom is -0.368 e. The first-order valence-corrected chi connectivity index (χ1v) is 9.97. The van der Waals surface area contributed by atoms with Gasteiger partial charge in [-0.3, -0.25) is 13.9 Å². The molecule has 3 heterocycles. The van der Waals surface area contributed by atoms with E-state index in [9.17, 15) is 22.8 Å². The molecule has 0 N–H and O–H groups in total. The van der Waals surface area contributed by atoms with Crippen LogP contribution in [0.25, 0.3) is 10.9 Å². The van der Waals surface area contributed by atoms with Crippen LogP contribution in [0.15, 0.2) is 46.1 Å². The van der Waals surface area contributed by atoms with Gasteiger partial charge in [-0.05, 0) is 37.3 Å². The van der Waals surface area contributed by atoms with E-state index in [4.69, 9.17) is 0 Å². The van der Waals surface area contributed by atoms with E-state index in [1.54, 1.807) is 26.1 Å². The summed E-state index contributed by atoms with van der Waals surface area (Å²) < 4.78 is 40.9. The highest BCUT2D eigenvalue weighted by atomic mass is 19.4. The molecular weight excluding hydrogens is 411 g/mol. The van der Waals surface area contributed by atoms with Crippen molar-refractivity contribution in [3.8, 4) is 0 Å². The fourth-order valence-corrected chi connectivity index (χ4v) is 3.91. The van der Waals surface area contributed by atoms with Gasteiger partial charge in [-0.25, -0.2) is 9.78 Å². The summed E-state index contributed by atoms with van der Waals surface area (Å²) in [5, 5.41) is 0.480. The summed E-state index contributed by atoms with van der Waals surface area (Å²) in [6.07, 6.45) is -3.55. The number of halogens is 3. The van der Waals surface area contributed by atoms with E-state index in [0.29, 0.717) is 49.4 Å².